The molecule has 0 aliphatic heterocycles. The van der Waals surface area contributed by atoms with Crippen LogP contribution in [0, 0.1) is 11.8 Å². The van der Waals surface area contributed by atoms with Crippen LogP contribution in [0.5, 0.6) is 0 Å². The molecular weight excluding hydrogens is 152 g/mol. The van der Waals surface area contributed by atoms with E-state index in [1.807, 2.05) is 6.92 Å². The van der Waals surface area contributed by atoms with Crippen LogP contribution < -0.4 is 0 Å². The lowest BCUT2D eigenvalue weighted by atomic mass is 10.1. The Morgan fingerprint density at radius 3 is 2.67 bits per heavy atom. The van der Waals surface area contributed by atoms with E-state index < -0.39 is 6.85 Å². The lowest BCUT2D eigenvalue weighted by Gasteiger charge is -2.12. The highest BCUT2D eigenvalue weighted by Crippen LogP contribution is 2.06. The lowest BCUT2D eigenvalue weighted by molar-refractivity contribution is -0.149. The average Bonchev–Trinajstić information content (AvgIpc) is 2.10. The van der Waals surface area contributed by atoms with E-state index in [1.165, 1.54) is 0 Å². The molecule has 72 valence electrons. The predicted molar refractivity (Wildman–Crippen MR) is 49.9 cm³/mol. The maximum atomic E-state index is 11.3. The fourth-order valence-corrected chi connectivity index (χ4v) is 0.592. The van der Waals surface area contributed by atoms with Crippen molar-refractivity contribution in [1.29, 1.82) is 0 Å². The average molecular weight is 175 g/mol. The molecule has 0 radical (unpaired) electrons. The van der Waals surface area contributed by atoms with E-state index in [-0.39, 0.29) is 30.8 Å². The Balaban J connectivity index is 3.81. The molecule has 0 heterocycles. The molecule has 0 amide bonds. The SMILES string of the molecule is [2H]C([2H])([2H])CC(C)COC(=O)C(C)CC. The van der Waals surface area contributed by atoms with Crippen LogP contribution in [-0.4, -0.2) is 12.6 Å². The van der Waals surface area contributed by atoms with Gasteiger partial charge in [-0.1, -0.05) is 34.0 Å². The molecule has 0 saturated heterocycles. The van der Waals surface area contributed by atoms with Gasteiger partial charge in [0.05, 0.1) is 12.5 Å². The summed E-state index contributed by atoms with van der Waals surface area (Å²) in [5.74, 6) is -0.467. The van der Waals surface area contributed by atoms with Gasteiger partial charge in [0, 0.05) is 4.11 Å². The Bertz CT molecular complexity index is 201. The first-order valence-electron chi connectivity index (χ1n) is 5.93. The molecule has 0 aliphatic rings. The minimum Gasteiger partial charge on any atom is -0.465 e. The van der Waals surface area contributed by atoms with Crippen molar-refractivity contribution in [2.75, 3.05) is 6.61 Å². The first-order chi connectivity index (χ1) is 6.76. The summed E-state index contributed by atoms with van der Waals surface area (Å²) in [5, 5.41) is 0. The van der Waals surface area contributed by atoms with E-state index in [4.69, 9.17) is 8.85 Å². The highest BCUT2D eigenvalue weighted by Gasteiger charge is 2.12. The fourth-order valence-electron chi connectivity index (χ4n) is 0.592. The molecule has 0 aliphatic carbocycles. The Kier molecular flexibility index (Phi) is 3.49. The van der Waals surface area contributed by atoms with Crippen LogP contribution in [0.3, 0.4) is 0 Å². The van der Waals surface area contributed by atoms with E-state index in [2.05, 4.69) is 0 Å². The van der Waals surface area contributed by atoms with E-state index in [1.54, 1.807) is 13.8 Å². The second-order valence-electron chi connectivity index (χ2n) is 3.25. The molecule has 0 fully saturated rings. The zero-order valence-electron chi connectivity index (χ0n) is 11.1. The normalized spacial score (nSPS) is 20.1. The quantitative estimate of drug-likeness (QED) is 0.600. The summed E-state index contributed by atoms with van der Waals surface area (Å²) in [7, 11) is 0. The molecule has 2 unspecified atom stereocenters. The topological polar surface area (TPSA) is 26.3 Å². The summed E-state index contributed by atoms with van der Waals surface area (Å²) in [6.45, 7) is 3.74. The standard InChI is InChI=1S/C10H20O2/c1-5-8(3)7-12-10(11)9(4)6-2/h8-9H,5-7H2,1-4H3/i1D3. The van der Waals surface area contributed by atoms with E-state index in [0.29, 0.717) is 0 Å². The Hall–Kier alpha value is -0.530. The van der Waals surface area contributed by atoms with Crippen molar-refractivity contribution in [3.8, 4) is 0 Å². The van der Waals surface area contributed by atoms with Crippen molar-refractivity contribution in [3.63, 3.8) is 0 Å². The van der Waals surface area contributed by atoms with E-state index >= 15 is 0 Å². The van der Waals surface area contributed by atoms with Crippen molar-refractivity contribution in [3.05, 3.63) is 0 Å². The Morgan fingerprint density at radius 1 is 1.50 bits per heavy atom. The van der Waals surface area contributed by atoms with Crippen LogP contribution in [0.2, 0.25) is 0 Å². The number of rotatable bonds is 5. The predicted octanol–water partition coefficient (Wildman–Crippen LogP) is 2.62. The molecule has 2 atom stereocenters. The minimum atomic E-state index is -1.94. The van der Waals surface area contributed by atoms with E-state index in [0.717, 1.165) is 6.42 Å². The van der Waals surface area contributed by atoms with Crippen LogP contribution in [-0.2, 0) is 9.53 Å². The number of esters is 1. The van der Waals surface area contributed by atoms with Gasteiger partial charge in [-0.05, 0) is 12.3 Å². The van der Waals surface area contributed by atoms with Crippen LogP contribution >= 0.6 is 0 Å². The summed E-state index contributed by atoms with van der Waals surface area (Å²) < 4.78 is 26.2. The molecule has 0 rings (SSSR count). The third-order valence-corrected chi connectivity index (χ3v) is 1.87. The smallest absolute Gasteiger partial charge is 0.308 e. The van der Waals surface area contributed by atoms with Gasteiger partial charge in [0.2, 0.25) is 0 Å². The van der Waals surface area contributed by atoms with Gasteiger partial charge in [-0.15, -0.1) is 0 Å². The molecule has 0 aromatic rings. The number of carbonyl (C=O) groups excluding carboxylic acids is 1. The van der Waals surface area contributed by atoms with Crippen molar-refractivity contribution < 1.29 is 13.6 Å². The highest BCUT2D eigenvalue weighted by molar-refractivity contribution is 5.71. The zero-order valence-corrected chi connectivity index (χ0v) is 8.09. The maximum Gasteiger partial charge on any atom is 0.308 e. The third-order valence-electron chi connectivity index (χ3n) is 1.87. The minimum absolute atomic E-state index is 0.0841. The summed E-state index contributed by atoms with van der Waals surface area (Å²) >= 11 is 0. The van der Waals surface area contributed by atoms with Gasteiger partial charge in [0.25, 0.3) is 0 Å². The molecule has 2 heteroatoms. The molecule has 0 aromatic heterocycles. The Morgan fingerprint density at radius 2 is 2.17 bits per heavy atom. The van der Waals surface area contributed by atoms with Gasteiger partial charge in [-0.2, -0.15) is 0 Å². The maximum absolute atomic E-state index is 11.3. The zero-order chi connectivity index (χ0) is 12.1. The Labute approximate surface area is 79.5 Å². The van der Waals surface area contributed by atoms with Gasteiger partial charge in [0.15, 0.2) is 0 Å². The van der Waals surface area contributed by atoms with Gasteiger partial charge in [0.1, 0.15) is 0 Å². The monoisotopic (exact) mass is 175 g/mol. The third kappa shape index (κ3) is 4.37. The van der Waals surface area contributed by atoms with Crippen molar-refractivity contribution >= 4 is 5.97 Å². The van der Waals surface area contributed by atoms with Gasteiger partial charge >= 0.3 is 5.97 Å². The lowest BCUT2D eigenvalue weighted by Crippen LogP contribution is -2.17. The van der Waals surface area contributed by atoms with Crippen LogP contribution in [0.15, 0.2) is 0 Å². The second kappa shape index (κ2) is 6.04. The van der Waals surface area contributed by atoms with Gasteiger partial charge in [-0.3, -0.25) is 4.79 Å². The van der Waals surface area contributed by atoms with Gasteiger partial charge in [-0.25, -0.2) is 0 Å². The first-order valence-corrected chi connectivity index (χ1v) is 4.43. The number of ether oxygens (including phenoxy) is 1. The molecule has 2 nitrogen and oxygen atoms in total. The largest absolute Gasteiger partial charge is 0.465 e. The molecule has 0 saturated carbocycles. The number of hydrogen-bond donors (Lipinski definition) is 0. The molecule has 0 spiro atoms. The highest BCUT2D eigenvalue weighted by atomic mass is 16.5. The van der Waals surface area contributed by atoms with Crippen LogP contribution in [0.25, 0.3) is 0 Å². The van der Waals surface area contributed by atoms with Crippen molar-refractivity contribution in [2.24, 2.45) is 11.8 Å². The second-order valence-corrected chi connectivity index (χ2v) is 3.25. The summed E-state index contributed by atoms with van der Waals surface area (Å²) in [6, 6.07) is 0. The fraction of sp³-hybridized carbons (Fsp3) is 0.900. The summed E-state index contributed by atoms with van der Waals surface area (Å²) in [5.41, 5.74) is 0. The molecule has 0 bridgehead atoms. The molecule has 0 aromatic carbocycles. The summed E-state index contributed by atoms with van der Waals surface area (Å²) in [4.78, 5) is 11.3. The number of carbonyl (C=O) groups is 1. The van der Waals surface area contributed by atoms with Crippen LogP contribution in [0.4, 0.5) is 0 Å². The first kappa shape index (κ1) is 6.93. The number of hydrogen-bond acceptors (Lipinski definition) is 2. The molecular formula is C10H20O2. The van der Waals surface area contributed by atoms with Crippen LogP contribution in [0.1, 0.15) is 44.6 Å². The molecule has 0 N–H and O–H groups in total. The molecule has 12 heavy (non-hydrogen) atoms. The van der Waals surface area contributed by atoms with Gasteiger partial charge < -0.3 is 4.74 Å². The van der Waals surface area contributed by atoms with Crippen molar-refractivity contribution in [2.45, 2.75) is 40.5 Å². The van der Waals surface area contributed by atoms with Crippen molar-refractivity contribution in [1.82, 2.24) is 0 Å². The summed E-state index contributed by atoms with van der Waals surface area (Å²) in [6.07, 6.45) is 0.827. The van der Waals surface area contributed by atoms with E-state index in [9.17, 15) is 4.79 Å².